The summed E-state index contributed by atoms with van der Waals surface area (Å²) in [6.45, 7) is 1.33. The minimum absolute atomic E-state index is 0.0321. The first kappa shape index (κ1) is 24.4. The lowest BCUT2D eigenvalue weighted by atomic mass is 9.91. The van der Waals surface area contributed by atoms with Crippen LogP contribution in [0.3, 0.4) is 0 Å². The zero-order chi connectivity index (χ0) is 26.8. The van der Waals surface area contributed by atoms with Crippen LogP contribution in [0.4, 0.5) is 26.3 Å². The summed E-state index contributed by atoms with van der Waals surface area (Å²) in [7, 11) is 0. The smallest absolute Gasteiger partial charge is 0.166 e. The van der Waals surface area contributed by atoms with Crippen molar-refractivity contribution in [3.8, 4) is 21.8 Å². The Hall–Kier alpha value is -3.98. The number of hydrogen-bond donors (Lipinski definition) is 0. The summed E-state index contributed by atoms with van der Waals surface area (Å²) in [5, 5.41) is 11.8. The lowest BCUT2D eigenvalue weighted by Crippen LogP contribution is -2.18. The highest BCUT2D eigenvalue weighted by atomic mass is 32.1. The first-order valence-electron chi connectivity index (χ1n) is 11.5. The molecule has 2 heterocycles. The molecular weight excluding hydrogens is 522 g/mol. The van der Waals surface area contributed by atoms with Gasteiger partial charge in [-0.2, -0.15) is 26.3 Å². The molecule has 2 nitrogen and oxygen atoms in total. The molecule has 9 heteroatoms. The van der Waals surface area contributed by atoms with Crippen molar-refractivity contribution in [3.63, 3.8) is 0 Å². The summed E-state index contributed by atoms with van der Waals surface area (Å²) in [6, 6.07) is 22.0. The molecule has 4 aromatic carbocycles. The number of aryl methyl sites for hydroxylation is 1. The largest absolute Gasteiger partial charge is 0.417 e. The number of hydrogen-bond acceptors (Lipinski definition) is 3. The Kier molecular flexibility index (Phi) is 5.47. The molecule has 190 valence electrons. The van der Waals surface area contributed by atoms with Crippen LogP contribution >= 0.6 is 11.3 Å². The van der Waals surface area contributed by atoms with Crippen molar-refractivity contribution < 1.29 is 26.3 Å². The molecule has 0 saturated heterocycles. The van der Waals surface area contributed by atoms with Gasteiger partial charge in [0.2, 0.25) is 0 Å². The van der Waals surface area contributed by atoms with Crippen LogP contribution < -0.4 is 0 Å². The number of nitrogens with zero attached hydrogens (tertiary/aromatic N) is 2. The molecule has 0 aliphatic carbocycles. The van der Waals surface area contributed by atoms with Crippen molar-refractivity contribution in [1.29, 1.82) is 0 Å². The number of benzene rings is 4. The molecular formula is C29H16F6N2S. The quantitative estimate of drug-likeness (QED) is 0.162. The van der Waals surface area contributed by atoms with Crippen LogP contribution in [-0.4, -0.2) is 10.2 Å². The summed E-state index contributed by atoms with van der Waals surface area (Å²) in [5.74, 6) is 0. The second-order valence-corrected chi connectivity index (χ2v) is 10.1. The topological polar surface area (TPSA) is 25.8 Å². The molecule has 0 amide bonds. The second-order valence-electron chi connectivity index (χ2n) is 9.02. The SMILES string of the molecule is Cc1cc(-c2nnc(-c3cc4ccccc4s3)c3cc4ccccc4cc23)c(C(F)(F)F)c(C(F)(F)F)c1. The van der Waals surface area contributed by atoms with Crippen molar-refractivity contribution in [3.05, 3.63) is 95.6 Å². The molecule has 6 rings (SSSR count). The fourth-order valence-corrected chi connectivity index (χ4v) is 5.88. The number of halogens is 6. The van der Waals surface area contributed by atoms with Crippen LogP contribution in [0.25, 0.3) is 53.5 Å². The Morgan fingerprint density at radius 3 is 1.82 bits per heavy atom. The van der Waals surface area contributed by atoms with Gasteiger partial charge in [0, 0.05) is 21.0 Å². The maximum atomic E-state index is 14.2. The third-order valence-corrected chi connectivity index (χ3v) is 7.55. The van der Waals surface area contributed by atoms with Crippen LogP contribution in [0.1, 0.15) is 16.7 Å². The van der Waals surface area contributed by atoms with E-state index in [9.17, 15) is 26.3 Å². The average molecular weight is 539 g/mol. The molecule has 0 radical (unpaired) electrons. The molecule has 0 aliphatic heterocycles. The highest BCUT2D eigenvalue weighted by Gasteiger charge is 2.45. The fourth-order valence-electron chi connectivity index (χ4n) is 4.82. The Bertz CT molecular complexity index is 1830. The van der Waals surface area contributed by atoms with Gasteiger partial charge in [-0.05, 0) is 65.0 Å². The van der Waals surface area contributed by atoms with E-state index in [2.05, 4.69) is 10.2 Å². The van der Waals surface area contributed by atoms with Gasteiger partial charge >= 0.3 is 12.4 Å². The van der Waals surface area contributed by atoms with E-state index in [-0.39, 0.29) is 16.6 Å². The van der Waals surface area contributed by atoms with Crippen LogP contribution in [0.5, 0.6) is 0 Å². The molecule has 0 unspecified atom stereocenters. The summed E-state index contributed by atoms with van der Waals surface area (Å²) in [4.78, 5) is 0.752. The van der Waals surface area contributed by atoms with Gasteiger partial charge in [-0.15, -0.1) is 21.5 Å². The molecule has 2 aromatic heterocycles. The Morgan fingerprint density at radius 2 is 1.21 bits per heavy atom. The average Bonchev–Trinajstić information content (AvgIpc) is 3.29. The van der Waals surface area contributed by atoms with Gasteiger partial charge in [0.05, 0.1) is 16.0 Å². The number of thiophene rings is 1. The summed E-state index contributed by atoms with van der Waals surface area (Å²) >= 11 is 1.46. The van der Waals surface area contributed by atoms with Gasteiger partial charge in [0.1, 0.15) is 11.4 Å². The highest BCUT2D eigenvalue weighted by Crippen LogP contribution is 2.47. The van der Waals surface area contributed by atoms with Crippen LogP contribution in [0.2, 0.25) is 0 Å². The zero-order valence-corrected chi connectivity index (χ0v) is 20.4. The van der Waals surface area contributed by atoms with Crippen molar-refractivity contribution in [2.45, 2.75) is 19.3 Å². The predicted molar refractivity (Wildman–Crippen MR) is 138 cm³/mol. The number of alkyl halides is 6. The van der Waals surface area contributed by atoms with E-state index >= 15 is 0 Å². The minimum Gasteiger partial charge on any atom is -0.166 e. The van der Waals surface area contributed by atoms with E-state index in [1.165, 1.54) is 18.3 Å². The van der Waals surface area contributed by atoms with Crippen LogP contribution in [-0.2, 0) is 12.4 Å². The lowest BCUT2D eigenvalue weighted by Gasteiger charge is -2.21. The molecule has 6 aromatic rings. The van der Waals surface area contributed by atoms with Gasteiger partial charge < -0.3 is 0 Å². The number of aromatic nitrogens is 2. The zero-order valence-electron chi connectivity index (χ0n) is 19.6. The van der Waals surface area contributed by atoms with Gasteiger partial charge in [0.25, 0.3) is 0 Å². The van der Waals surface area contributed by atoms with E-state index < -0.39 is 29.0 Å². The lowest BCUT2D eigenvalue weighted by molar-refractivity contribution is -0.161. The van der Waals surface area contributed by atoms with Crippen molar-refractivity contribution >= 4 is 43.0 Å². The Labute approximate surface area is 216 Å². The second kappa shape index (κ2) is 8.52. The molecule has 0 fully saturated rings. The fraction of sp³-hybridized carbons (Fsp3) is 0.103. The third-order valence-electron chi connectivity index (χ3n) is 6.43. The van der Waals surface area contributed by atoms with E-state index in [1.807, 2.05) is 42.5 Å². The molecule has 0 N–H and O–H groups in total. The molecule has 0 saturated carbocycles. The van der Waals surface area contributed by atoms with Crippen LogP contribution in [0.15, 0.2) is 78.9 Å². The van der Waals surface area contributed by atoms with Gasteiger partial charge in [-0.1, -0.05) is 42.5 Å². The molecule has 0 aliphatic rings. The van der Waals surface area contributed by atoms with Crippen molar-refractivity contribution in [1.82, 2.24) is 10.2 Å². The molecule has 0 spiro atoms. The standard InChI is InChI=1S/C29H16F6N2S/c1-15-10-21(25(29(33,34)35)22(11-15)28(30,31)32)26-19-12-16-6-2-3-7-17(16)13-20(19)27(37-36-26)24-14-18-8-4-5-9-23(18)38-24/h2-14H,1H3. The van der Waals surface area contributed by atoms with E-state index in [0.29, 0.717) is 22.5 Å². The van der Waals surface area contributed by atoms with Gasteiger partial charge in [-0.25, -0.2) is 0 Å². The predicted octanol–water partition coefficient (Wildman–Crippen LogP) is 9.68. The molecule has 0 bridgehead atoms. The van der Waals surface area contributed by atoms with E-state index in [1.54, 1.807) is 24.3 Å². The summed E-state index contributed by atoms with van der Waals surface area (Å²) in [6.07, 6.45) is -10.5. The van der Waals surface area contributed by atoms with Gasteiger partial charge in [-0.3, -0.25) is 0 Å². The molecule has 38 heavy (non-hydrogen) atoms. The monoisotopic (exact) mass is 538 g/mol. The first-order valence-corrected chi connectivity index (χ1v) is 12.3. The number of rotatable bonds is 2. The first-order chi connectivity index (χ1) is 18.0. The van der Waals surface area contributed by atoms with Crippen molar-refractivity contribution in [2.24, 2.45) is 0 Å². The van der Waals surface area contributed by atoms with Gasteiger partial charge in [0.15, 0.2) is 0 Å². The molecule has 0 atom stereocenters. The van der Waals surface area contributed by atoms with E-state index in [4.69, 9.17) is 0 Å². The Morgan fingerprint density at radius 1 is 0.632 bits per heavy atom. The minimum atomic E-state index is -5.27. The normalized spacial score (nSPS) is 12.6. The number of fused-ring (bicyclic) bond motifs is 3. The maximum absolute atomic E-state index is 14.2. The summed E-state index contributed by atoms with van der Waals surface area (Å²) in [5.41, 5.74) is -3.94. The van der Waals surface area contributed by atoms with Crippen LogP contribution in [0, 0.1) is 6.92 Å². The van der Waals surface area contributed by atoms with Crippen molar-refractivity contribution in [2.75, 3.05) is 0 Å². The third kappa shape index (κ3) is 4.07. The summed E-state index contributed by atoms with van der Waals surface area (Å²) < 4.78 is 85.2. The van der Waals surface area contributed by atoms with E-state index in [0.717, 1.165) is 26.4 Å². The Balaban J connectivity index is 1.73. The highest BCUT2D eigenvalue weighted by molar-refractivity contribution is 7.22. The maximum Gasteiger partial charge on any atom is 0.417 e.